The van der Waals surface area contributed by atoms with Crippen molar-refractivity contribution in [2.45, 2.75) is 39.5 Å². The molecule has 0 fully saturated rings. The number of aryl methyl sites for hydroxylation is 1. The molecule has 0 atom stereocenters. The minimum absolute atomic E-state index is 0.115. The van der Waals surface area contributed by atoms with E-state index in [0.29, 0.717) is 18.4 Å². The van der Waals surface area contributed by atoms with Crippen LogP contribution in [0.5, 0.6) is 5.75 Å². The Morgan fingerprint density at radius 2 is 1.88 bits per heavy atom. The van der Waals surface area contributed by atoms with E-state index in [4.69, 9.17) is 4.74 Å². The van der Waals surface area contributed by atoms with E-state index in [0.717, 1.165) is 42.6 Å². The van der Waals surface area contributed by atoms with E-state index in [-0.39, 0.29) is 11.5 Å². The van der Waals surface area contributed by atoms with Crippen molar-refractivity contribution in [3.05, 3.63) is 40.2 Å². The fraction of sp³-hybridized carbons (Fsp3) is 0.474. The molecule has 0 radical (unpaired) electrons. The Hall–Kier alpha value is -2.30. The number of carbonyl (C=O) groups is 1. The summed E-state index contributed by atoms with van der Waals surface area (Å²) in [5.41, 5.74) is 1.28. The van der Waals surface area contributed by atoms with Crippen molar-refractivity contribution in [2.24, 2.45) is 0 Å². The van der Waals surface area contributed by atoms with Gasteiger partial charge in [-0.15, -0.1) is 0 Å². The molecule has 0 saturated carbocycles. The van der Waals surface area contributed by atoms with Crippen molar-refractivity contribution >= 4 is 16.8 Å². The fourth-order valence-electron chi connectivity index (χ4n) is 2.84. The molecular weight excluding hydrogens is 304 g/mol. The average Bonchev–Trinajstić information content (AvgIpc) is 2.59. The lowest BCUT2D eigenvalue weighted by Gasteiger charge is -2.21. The summed E-state index contributed by atoms with van der Waals surface area (Å²) in [7, 11) is 1.61. The van der Waals surface area contributed by atoms with Crippen LogP contribution in [-0.4, -0.2) is 36.0 Å². The summed E-state index contributed by atoms with van der Waals surface area (Å²) in [5, 5.41) is 0.912. The molecule has 5 heteroatoms. The monoisotopic (exact) mass is 330 g/mol. The largest absolute Gasteiger partial charge is 0.497 e. The third kappa shape index (κ3) is 4.37. The van der Waals surface area contributed by atoms with Gasteiger partial charge in [0.2, 0.25) is 5.91 Å². The smallest absolute Gasteiger partial charge is 0.251 e. The van der Waals surface area contributed by atoms with Crippen molar-refractivity contribution < 1.29 is 9.53 Å². The quantitative estimate of drug-likeness (QED) is 0.809. The van der Waals surface area contributed by atoms with Gasteiger partial charge >= 0.3 is 0 Å². The van der Waals surface area contributed by atoms with E-state index >= 15 is 0 Å². The fourth-order valence-corrected chi connectivity index (χ4v) is 2.84. The van der Waals surface area contributed by atoms with Gasteiger partial charge in [0.25, 0.3) is 5.56 Å². The molecule has 1 N–H and O–H groups in total. The van der Waals surface area contributed by atoms with Crippen LogP contribution in [0.3, 0.4) is 0 Å². The van der Waals surface area contributed by atoms with Crippen molar-refractivity contribution in [3.63, 3.8) is 0 Å². The molecule has 2 aromatic rings. The van der Waals surface area contributed by atoms with E-state index in [1.165, 1.54) is 0 Å². The molecular formula is C19H26N2O3. The number of hydrogen-bond donors (Lipinski definition) is 1. The predicted molar refractivity (Wildman–Crippen MR) is 96.6 cm³/mol. The molecule has 1 aromatic carbocycles. The van der Waals surface area contributed by atoms with Gasteiger partial charge in [-0.1, -0.05) is 13.8 Å². The van der Waals surface area contributed by atoms with Gasteiger partial charge < -0.3 is 14.6 Å². The number of nitrogens with zero attached hydrogens (tertiary/aromatic N) is 1. The maximum atomic E-state index is 12.4. The molecule has 2 rings (SSSR count). The van der Waals surface area contributed by atoms with E-state index in [9.17, 15) is 9.59 Å². The molecule has 0 unspecified atom stereocenters. The summed E-state index contributed by atoms with van der Waals surface area (Å²) in [6.07, 6.45) is 2.70. The predicted octanol–water partition coefficient (Wildman–Crippen LogP) is 3.12. The zero-order valence-electron chi connectivity index (χ0n) is 14.7. The third-order valence-corrected chi connectivity index (χ3v) is 4.08. The number of H-pyrrole nitrogens is 1. The number of benzene rings is 1. The SMILES string of the molecule is CCCN(CCC)C(=O)CCc1cc2cc(OC)ccc2[nH]c1=O. The number of rotatable bonds is 8. The molecule has 1 aromatic heterocycles. The normalized spacial score (nSPS) is 10.8. The highest BCUT2D eigenvalue weighted by atomic mass is 16.5. The molecule has 130 valence electrons. The molecule has 0 saturated heterocycles. The number of ether oxygens (including phenoxy) is 1. The minimum atomic E-state index is -0.127. The molecule has 0 aliphatic carbocycles. The van der Waals surface area contributed by atoms with Gasteiger partial charge in [-0.05, 0) is 43.5 Å². The Kier molecular flexibility index (Phi) is 6.41. The second-order valence-electron chi connectivity index (χ2n) is 5.96. The van der Waals surface area contributed by atoms with Gasteiger partial charge in [-0.25, -0.2) is 0 Å². The third-order valence-electron chi connectivity index (χ3n) is 4.08. The lowest BCUT2D eigenvalue weighted by atomic mass is 10.1. The number of aromatic nitrogens is 1. The van der Waals surface area contributed by atoms with Gasteiger partial charge in [-0.3, -0.25) is 9.59 Å². The number of pyridine rings is 1. The highest BCUT2D eigenvalue weighted by molar-refractivity contribution is 5.81. The molecule has 0 bridgehead atoms. The molecule has 1 heterocycles. The van der Waals surface area contributed by atoms with E-state index < -0.39 is 0 Å². The number of aromatic amines is 1. The summed E-state index contributed by atoms with van der Waals surface area (Å²) >= 11 is 0. The number of fused-ring (bicyclic) bond motifs is 1. The lowest BCUT2D eigenvalue weighted by molar-refractivity contribution is -0.131. The molecule has 0 aliphatic rings. The first-order valence-corrected chi connectivity index (χ1v) is 8.56. The second-order valence-corrected chi connectivity index (χ2v) is 5.96. The lowest BCUT2D eigenvalue weighted by Crippen LogP contribution is -2.33. The van der Waals surface area contributed by atoms with E-state index in [1.54, 1.807) is 7.11 Å². The molecule has 5 nitrogen and oxygen atoms in total. The summed E-state index contributed by atoms with van der Waals surface area (Å²) in [6.45, 7) is 5.69. The average molecular weight is 330 g/mol. The van der Waals surface area contributed by atoms with Crippen LogP contribution in [0.2, 0.25) is 0 Å². The van der Waals surface area contributed by atoms with Crippen LogP contribution in [-0.2, 0) is 11.2 Å². The van der Waals surface area contributed by atoms with Gasteiger partial charge in [-0.2, -0.15) is 0 Å². The summed E-state index contributed by atoms with van der Waals surface area (Å²) in [4.78, 5) is 29.3. The minimum Gasteiger partial charge on any atom is -0.497 e. The Morgan fingerprint density at radius 1 is 1.17 bits per heavy atom. The molecule has 0 spiro atoms. The van der Waals surface area contributed by atoms with Crippen LogP contribution < -0.4 is 10.3 Å². The maximum Gasteiger partial charge on any atom is 0.251 e. The Morgan fingerprint density at radius 3 is 2.50 bits per heavy atom. The molecule has 24 heavy (non-hydrogen) atoms. The standard InChI is InChI=1S/C19H26N2O3/c1-4-10-21(11-5-2)18(22)9-6-14-12-15-13-16(24-3)7-8-17(15)20-19(14)23/h7-8,12-13H,4-6,9-11H2,1-3H3,(H,20,23). The van der Waals surface area contributed by atoms with Crippen molar-refractivity contribution in [1.29, 1.82) is 0 Å². The molecule has 0 aliphatic heterocycles. The second kappa shape index (κ2) is 8.52. The van der Waals surface area contributed by atoms with Crippen molar-refractivity contribution in [2.75, 3.05) is 20.2 Å². The first-order valence-electron chi connectivity index (χ1n) is 8.56. The molecule has 1 amide bonds. The van der Waals surface area contributed by atoms with Gasteiger partial charge in [0.05, 0.1) is 7.11 Å². The first kappa shape index (κ1) is 18.0. The van der Waals surface area contributed by atoms with E-state index in [1.807, 2.05) is 29.2 Å². The zero-order valence-corrected chi connectivity index (χ0v) is 14.7. The van der Waals surface area contributed by atoms with Crippen LogP contribution in [0.4, 0.5) is 0 Å². The topological polar surface area (TPSA) is 62.4 Å². The van der Waals surface area contributed by atoms with Gasteiger partial charge in [0.1, 0.15) is 5.75 Å². The number of carbonyl (C=O) groups excluding carboxylic acids is 1. The van der Waals surface area contributed by atoms with Gasteiger partial charge in [0.15, 0.2) is 0 Å². The number of nitrogens with one attached hydrogen (secondary N) is 1. The van der Waals surface area contributed by atoms with Crippen LogP contribution in [0.1, 0.15) is 38.7 Å². The van der Waals surface area contributed by atoms with Crippen molar-refractivity contribution in [1.82, 2.24) is 9.88 Å². The Bertz CT molecular complexity index is 746. The van der Waals surface area contributed by atoms with E-state index in [2.05, 4.69) is 18.8 Å². The maximum absolute atomic E-state index is 12.4. The highest BCUT2D eigenvalue weighted by Crippen LogP contribution is 2.19. The summed E-state index contributed by atoms with van der Waals surface area (Å²) in [6, 6.07) is 7.38. The van der Waals surface area contributed by atoms with Crippen molar-refractivity contribution in [3.8, 4) is 5.75 Å². The van der Waals surface area contributed by atoms with Crippen LogP contribution in [0.25, 0.3) is 10.9 Å². The Balaban J connectivity index is 2.15. The van der Waals surface area contributed by atoms with Crippen LogP contribution >= 0.6 is 0 Å². The first-order chi connectivity index (χ1) is 11.6. The van der Waals surface area contributed by atoms with Crippen LogP contribution in [0, 0.1) is 0 Å². The van der Waals surface area contributed by atoms with Gasteiger partial charge in [0, 0.05) is 36.0 Å². The summed E-state index contributed by atoms with van der Waals surface area (Å²) < 4.78 is 5.22. The summed E-state index contributed by atoms with van der Waals surface area (Å²) in [5.74, 6) is 0.859. The number of hydrogen-bond acceptors (Lipinski definition) is 3. The number of amides is 1. The zero-order chi connectivity index (χ0) is 17.5. The Labute approximate surface area is 142 Å². The highest BCUT2D eigenvalue weighted by Gasteiger charge is 2.13. The number of methoxy groups -OCH3 is 1. The van der Waals surface area contributed by atoms with Crippen LogP contribution in [0.15, 0.2) is 29.1 Å².